The molecule has 3 rings (SSSR count). The summed E-state index contributed by atoms with van der Waals surface area (Å²) in [6.45, 7) is 30.9. The second-order valence-electron chi connectivity index (χ2n) is 14.9. The Labute approximate surface area is 233 Å². The van der Waals surface area contributed by atoms with Crippen molar-refractivity contribution in [2.45, 2.75) is 111 Å². The Bertz CT molecular complexity index is 1120. The van der Waals surface area contributed by atoms with Crippen molar-refractivity contribution in [3.05, 3.63) is 30.0 Å². The van der Waals surface area contributed by atoms with Crippen LogP contribution in [0.4, 0.5) is 10.5 Å². The highest BCUT2D eigenvalue weighted by Gasteiger charge is 2.49. The summed E-state index contributed by atoms with van der Waals surface area (Å²) in [5.74, 6) is 0. The Balaban J connectivity index is 2.08. The summed E-state index contributed by atoms with van der Waals surface area (Å²) >= 11 is 0. The first-order valence-corrected chi connectivity index (χ1v) is 20.0. The van der Waals surface area contributed by atoms with E-state index >= 15 is 0 Å². The third-order valence-electron chi connectivity index (χ3n) is 8.17. The van der Waals surface area contributed by atoms with Crippen LogP contribution in [-0.4, -0.2) is 59.0 Å². The third-order valence-corrected chi connectivity index (χ3v) is 15.0. The van der Waals surface area contributed by atoms with Crippen molar-refractivity contribution in [3.63, 3.8) is 0 Å². The predicted molar refractivity (Wildman–Crippen MR) is 165 cm³/mol. The summed E-state index contributed by atoms with van der Waals surface area (Å²) in [6, 6.07) is 6.57. The van der Waals surface area contributed by atoms with Gasteiger partial charge in [0.05, 0.1) is 26.1 Å². The van der Waals surface area contributed by atoms with E-state index in [1.807, 2.05) is 25.7 Å². The second-order valence-corrected chi connectivity index (χ2v) is 22.9. The van der Waals surface area contributed by atoms with Gasteiger partial charge in [-0.1, -0.05) is 54.6 Å². The smallest absolute Gasteiger partial charge is 0.410 e. The molecule has 0 spiro atoms. The SMILES string of the molecule is C[SiH](C)OC(c1cc(N2CCN(C(=O)OC(C)(C)C)C([Si](C)(C)C(C)(C)C)C2)c2occc2c1)C(C)(C)C. The Kier molecular flexibility index (Phi) is 8.63. The van der Waals surface area contributed by atoms with Gasteiger partial charge >= 0.3 is 6.09 Å². The number of furan rings is 1. The van der Waals surface area contributed by atoms with E-state index in [9.17, 15) is 4.79 Å². The third kappa shape index (κ3) is 6.68. The van der Waals surface area contributed by atoms with Crippen molar-refractivity contribution in [1.82, 2.24) is 4.90 Å². The fourth-order valence-electron chi connectivity index (χ4n) is 5.19. The average Bonchev–Trinajstić information content (AvgIpc) is 3.22. The minimum Gasteiger partial charge on any atom is -0.462 e. The van der Waals surface area contributed by atoms with Crippen LogP contribution in [-0.2, 0) is 9.16 Å². The second kappa shape index (κ2) is 10.7. The van der Waals surface area contributed by atoms with Gasteiger partial charge in [-0.25, -0.2) is 4.79 Å². The molecule has 0 radical (unpaired) electrons. The van der Waals surface area contributed by atoms with Crippen LogP contribution in [0.2, 0.25) is 31.2 Å². The molecule has 2 heterocycles. The van der Waals surface area contributed by atoms with Gasteiger partial charge in [0.1, 0.15) is 5.60 Å². The van der Waals surface area contributed by atoms with Gasteiger partial charge in [0, 0.05) is 30.7 Å². The first-order chi connectivity index (χ1) is 17.2. The Morgan fingerprint density at radius 3 is 2.21 bits per heavy atom. The average molecular weight is 561 g/mol. The first-order valence-electron chi connectivity index (χ1n) is 14.1. The Hall–Kier alpha value is -1.78. The Morgan fingerprint density at radius 1 is 1.05 bits per heavy atom. The number of rotatable bonds is 5. The number of benzene rings is 1. The highest BCUT2D eigenvalue weighted by molar-refractivity contribution is 6.81. The minimum atomic E-state index is -1.98. The molecule has 1 saturated heterocycles. The zero-order valence-electron chi connectivity index (χ0n) is 26.2. The van der Waals surface area contributed by atoms with Crippen molar-refractivity contribution < 1.29 is 18.4 Å². The number of piperazine rings is 1. The largest absolute Gasteiger partial charge is 0.462 e. The number of fused-ring (bicyclic) bond motifs is 1. The number of amides is 1. The molecule has 0 bridgehead atoms. The van der Waals surface area contributed by atoms with Crippen LogP contribution < -0.4 is 4.90 Å². The van der Waals surface area contributed by atoms with Crippen LogP contribution in [0.1, 0.15) is 74.0 Å². The quantitative estimate of drug-likeness (QED) is 0.347. The van der Waals surface area contributed by atoms with E-state index in [1.54, 1.807) is 6.26 Å². The van der Waals surface area contributed by atoms with Crippen LogP contribution in [0.25, 0.3) is 11.0 Å². The number of hydrogen-bond donors (Lipinski definition) is 0. The maximum absolute atomic E-state index is 13.4. The number of anilines is 1. The van der Waals surface area contributed by atoms with Gasteiger partial charge in [-0.3, -0.25) is 0 Å². The fourth-order valence-corrected chi connectivity index (χ4v) is 8.99. The molecule has 1 aromatic carbocycles. The van der Waals surface area contributed by atoms with E-state index in [0.717, 1.165) is 29.7 Å². The van der Waals surface area contributed by atoms with Gasteiger partial charge in [0.2, 0.25) is 0 Å². The molecule has 0 aliphatic carbocycles. The minimum absolute atomic E-state index is 0.00598. The van der Waals surface area contributed by atoms with Gasteiger partial charge in [-0.15, -0.1) is 0 Å². The number of hydrogen-bond acceptors (Lipinski definition) is 5. The molecule has 6 nitrogen and oxygen atoms in total. The summed E-state index contributed by atoms with van der Waals surface area (Å²) in [5, 5.41) is 1.20. The summed E-state index contributed by atoms with van der Waals surface area (Å²) in [7, 11) is -3.26. The molecule has 0 saturated carbocycles. The monoisotopic (exact) mass is 560 g/mol. The van der Waals surface area contributed by atoms with Gasteiger partial charge in [0.15, 0.2) is 14.6 Å². The summed E-state index contributed by atoms with van der Waals surface area (Å²) < 4.78 is 18.6. The van der Waals surface area contributed by atoms with Crippen LogP contribution in [0.3, 0.4) is 0 Å². The lowest BCUT2D eigenvalue weighted by Crippen LogP contribution is -2.67. The van der Waals surface area contributed by atoms with E-state index in [-0.39, 0.29) is 28.3 Å². The lowest BCUT2D eigenvalue weighted by Gasteiger charge is -2.52. The van der Waals surface area contributed by atoms with Gasteiger partial charge in [0.25, 0.3) is 0 Å². The molecule has 0 N–H and O–H groups in total. The molecule has 8 heteroatoms. The first kappa shape index (κ1) is 30.8. The maximum Gasteiger partial charge on any atom is 0.410 e. The van der Waals surface area contributed by atoms with Crippen molar-refractivity contribution in [2.24, 2.45) is 5.41 Å². The van der Waals surface area contributed by atoms with Crippen molar-refractivity contribution >= 4 is 39.9 Å². The van der Waals surface area contributed by atoms with E-state index in [2.05, 4.69) is 90.8 Å². The van der Waals surface area contributed by atoms with Gasteiger partial charge in [-0.2, -0.15) is 0 Å². The predicted octanol–water partition coefficient (Wildman–Crippen LogP) is 7.99. The topological polar surface area (TPSA) is 55.2 Å². The molecule has 1 aliphatic heterocycles. The number of carbonyl (C=O) groups is 1. The molecule has 2 atom stereocenters. The highest BCUT2D eigenvalue weighted by atomic mass is 28.3. The molecule has 1 amide bonds. The molecule has 38 heavy (non-hydrogen) atoms. The molecular formula is C30H52N2O4Si2. The fraction of sp³-hybridized carbons (Fsp3) is 0.700. The zero-order valence-corrected chi connectivity index (χ0v) is 28.3. The highest BCUT2D eigenvalue weighted by Crippen LogP contribution is 2.44. The number of ether oxygens (including phenoxy) is 1. The van der Waals surface area contributed by atoms with Crippen LogP contribution in [0.5, 0.6) is 0 Å². The Morgan fingerprint density at radius 2 is 1.68 bits per heavy atom. The molecule has 214 valence electrons. The van der Waals surface area contributed by atoms with Crippen molar-refractivity contribution in [3.8, 4) is 0 Å². The van der Waals surface area contributed by atoms with E-state index in [0.29, 0.717) is 6.54 Å². The number of carbonyl (C=O) groups excluding carboxylic acids is 1. The molecule has 2 aromatic rings. The van der Waals surface area contributed by atoms with Crippen molar-refractivity contribution in [1.29, 1.82) is 0 Å². The molecule has 1 aromatic heterocycles. The van der Waals surface area contributed by atoms with E-state index in [1.165, 1.54) is 5.56 Å². The summed E-state index contributed by atoms with van der Waals surface area (Å²) in [4.78, 5) is 17.9. The zero-order chi connectivity index (χ0) is 28.8. The maximum atomic E-state index is 13.4. The molecule has 1 aliphatic rings. The van der Waals surface area contributed by atoms with Crippen LogP contribution in [0.15, 0.2) is 28.9 Å². The van der Waals surface area contributed by atoms with Gasteiger partial charge < -0.3 is 23.4 Å². The summed E-state index contributed by atoms with van der Waals surface area (Å²) in [6.07, 6.45) is 1.59. The normalized spacial score (nSPS) is 18.8. The van der Waals surface area contributed by atoms with Gasteiger partial charge in [-0.05, 0) is 68.1 Å². The molecule has 2 unspecified atom stereocenters. The lowest BCUT2D eigenvalue weighted by atomic mass is 9.84. The van der Waals surface area contributed by atoms with Crippen LogP contribution >= 0.6 is 0 Å². The lowest BCUT2D eigenvalue weighted by molar-refractivity contribution is 0.0197. The summed E-state index contributed by atoms with van der Waals surface area (Å²) in [5.41, 5.74) is 2.73. The number of nitrogens with zero attached hydrogens (tertiary/aromatic N) is 2. The molecule has 1 fully saturated rings. The van der Waals surface area contributed by atoms with E-state index < -0.39 is 22.7 Å². The standard InChI is InChI=1S/C30H52N2O4Si2/c1-28(2,3)26(36-37(10)11)22-18-21-14-17-34-25(21)23(19-22)31-15-16-32(27(33)35-29(4,5)6)24(20-31)38(12,13)30(7,8)9/h14,17-19,24,26,37H,15-16,20H2,1-13H3. The van der Waals surface area contributed by atoms with Crippen molar-refractivity contribution in [2.75, 3.05) is 24.5 Å². The van der Waals surface area contributed by atoms with Crippen LogP contribution in [0, 0.1) is 5.41 Å². The molecular weight excluding hydrogens is 509 g/mol. The van der Waals surface area contributed by atoms with E-state index in [4.69, 9.17) is 13.6 Å².